The first-order valence-corrected chi connectivity index (χ1v) is 7.05. The van der Waals surface area contributed by atoms with Gasteiger partial charge < -0.3 is 10.2 Å². The Morgan fingerprint density at radius 3 is 2.28 bits per heavy atom. The van der Waals surface area contributed by atoms with Gasteiger partial charge >= 0.3 is 0 Å². The fourth-order valence-corrected chi connectivity index (χ4v) is 2.37. The molecule has 0 saturated heterocycles. The van der Waals surface area contributed by atoms with Gasteiger partial charge in [0, 0.05) is 5.92 Å². The van der Waals surface area contributed by atoms with Crippen LogP contribution >= 0.6 is 0 Å². The summed E-state index contributed by atoms with van der Waals surface area (Å²) in [5.74, 6) is 0.00802. The summed E-state index contributed by atoms with van der Waals surface area (Å²) < 4.78 is 0. The second-order valence-electron chi connectivity index (χ2n) is 5.14. The molecule has 1 rings (SSSR count). The number of aryl methyl sites for hydroxylation is 1. The minimum Gasteiger partial charge on any atom is -0.393 e. The lowest BCUT2D eigenvalue weighted by molar-refractivity contribution is 0.0121. The van der Waals surface area contributed by atoms with E-state index in [0.717, 1.165) is 32.1 Å². The number of hydrogen-bond donors (Lipinski definition) is 2. The molecule has 0 aliphatic carbocycles. The second-order valence-corrected chi connectivity index (χ2v) is 5.14. The normalized spacial score (nSPS) is 16.2. The molecule has 1 aromatic rings. The molecule has 18 heavy (non-hydrogen) atoms. The van der Waals surface area contributed by atoms with Crippen molar-refractivity contribution in [3.05, 3.63) is 35.9 Å². The predicted octanol–water partition coefficient (Wildman–Crippen LogP) is 3.17. The molecular formula is C16H26O2. The zero-order valence-corrected chi connectivity index (χ0v) is 11.5. The van der Waals surface area contributed by atoms with Crippen molar-refractivity contribution in [1.29, 1.82) is 0 Å². The Morgan fingerprint density at radius 1 is 1.06 bits per heavy atom. The highest BCUT2D eigenvalue weighted by molar-refractivity contribution is 5.14. The minimum absolute atomic E-state index is 0.00802. The van der Waals surface area contributed by atoms with E-state index < -0.39 is 12.2 Å². The summed E-state index contributed by atoms with van der Waals surface area (Å²) in [6.07, 6.45) is 3.84. The summed E-state index contributed by atoms with van der Waals surface area (Å²) in [7, 11) is 0. The van der Waals surface area contributed by atoms with Gasteiger partial charge in [0.1, 0.15) is 0 Å². The van der Waals surface area contributed by atoms with Gasteiger partial charge in [-0.2, -0.15) is 0 Å². The molecule has 3 atom stereocenters. The monoisotopic (exact) mass is 250 g/mol. The van der Waals surface area contributed by atoms with Crippen molar-refractivity contribution in [3.63, 3.8) is 0 Å². The van der Waals surface area contributed by atoms with Crippen LogP contribution in [-0.4, -0.2) is 22.4 Å². The van der Waals surface area contributed by atoms with Crippen LogP contribution in [0.4, 0.5) is 0 Å². The smallest absolute Gasteiger partial charge is 0.0596 e. The maximum absolute atomic E-state index is 10.2. The average Bonchev–Trinajstić information content (AvgIpc) is 2.37. The number of unbranched alkanes of at least 4 members (excludes halogenated alkanes) is 1. The van der Waals surface area contributed by atoms with Gasteiger partial charge in [0.05, 0.1) is 12.2 Å². The molecule has 0 unspecified atom stereocenters. The molecule has 0 bridgehead atoms. The van der Waals surface area contributed by atoms with Crippen molar-refractivity contribution in [1.82, 2.24) is 0 Å². The lowest BCUT2D eigenvalue weighted by atomic mass is 9.88. The lowest BCUT2D eigenvalue weighted by Crippen LogP contribution is -2.30. The summed E-state index contributed by atoms with van der Waals surface area (Å²) in [5, 5.41) is 20.0. The van der Waals surface area contributed by atoms with E-state index in [9.17, 15) is 10.2 Å². The van der Waals surface area contributed by atoms with Crippen LogP contribution in [0.3, 0.4) is 0 Å². The van der Waals surface area contributed by atoms with E-state index in [1.54, 1.807) is 6.92 Å². The highest BCUT2D eigenvalue weighted by Gasteiger charge is 2.23. The van der Waals surface area contributed by atoms with E-state index in [-0.39, 0.29) is 5.92 Å². The molecule has 0 amide bonds. The van der Waals surface area contributed by atoms with Gasteiger partial charge in [-0.1, -0.05) is 50.1 Å². The molecule has 1 aromatic carbocycles. The Bertz CT molecular complexity index is 308. The quantitative estimate of drug-likeness (QED) is 0.744. The molecule has 2 N–H and O–H groups in total. The van der Waals surface area contributed by atoms with Crippen molar-refractivity contribution < 1.29 is 10.2 Å². The summed E-state index contributed by atoms with van der Waals surface area (Å²) in [6.45, 7) is 3.92. The molecule has 102 valence electrons. The van der Waals surface area contributed by atoms with Gasteiger partial charge in [0.15, 0.2) is 0 Å². The SMILES string of the molecule is CCCC[C@H]([C@H](C)O)[C@@H](O)CCc1ccccc1. The zero-order valence-electron chi connectivity index (χ0n) is 11.5. The van der Waals surface area contributed by atoms with E-state index in [1.165, 1.54) is 5.56 Å². The molecule has 0 aliphatic rings. The number of aliphatic hydroxyl groups excluding tert-OH is 2. The van der Waals surface area contributed by atoms with Crippen LogP contribution in [0.25, 0.3) is 0 Å². The minimum atomic E-state index is -0.428. The van der Waals surface area contributed by atoms with E-state index in [2.05, 4.69) is 19.1 Å². The molecule has 0 spiro atoms. The summed E-state index contributed by atoms with van der Waals surface area (Å²) >= 11 is 0. The van der Waals surface area contributed by atoms with Gasteiger partial charge in [-0.15, -0.1) is 0 Å². The summed E-state index contributed by atoms with van der Waals surface area (Å²) in [4.78, 5) is 0. The third-order valence-corrected chi connectivity index (χ3v) is 3.58. The highest BCUT2D eigenvalue weighted by Crippen LogP contribution is 2.21. The molecule has 0 radical (unpaired) electrons. The highest BCUT2D eigenvalue weighted by atomic mass is 16.3. The first-order valence-electron chi connectivity index (χ1n) is 7.05. The Kier molecular flexibility index (Phi) is 6.99. The lowest BCUT2D eigenvalue weighted by Gasteiger charge is -2.25. The fraction of sp³-hybridized carbons (Fsp3) is 0.625. The Labute approximate surface area is 111 Å². The maximum atomic E-state index is 10.2. The van der Waals surface area contributed by atoms with Crippen LogP contribution in [0.15, 0.2) is 30.3 Å². The van der Waals surface area contributed by atoms with Gasteiger partial charge in [0.25, 0.3) is 0 Å². The summed E-state index contributed by atoms with van der Waals surface area (Å²) in [6, 6.07) is 10.2. The van der Waals surface area contributed by atoms with Crippen molar-refractivity contribution in [2.45, 2.75) is 58.2 Å². The molecular weight excluding hydrogens is 224 g/mol. The first kappa shape index (κ1) is 15.2. The maximum Gasteiger partial charge on any atom is 0.0596 e. The number of benzene rings is 1. The molecule has 0 saturated carbocycles. The Morgan fingerprint density at radius 2 is 1.72 bits per heavy atom. The van der Waals surface area contributed by atoms with Crippen LogP contribution < -0.4 is 0 Å². The van der Waals surface area contributed by atoms with Gasteiger partial charge in [-0.25, -0.2) is 0 Å². The number of hydrogen-bond acceptors (Lipinski definition) is 2. The molecule has 0 heterocycles. The third kappa shape index (κ3) is 5.19. The van der Waals surface area contributed by atoms with Crippen molar-refractivity contribution >= 4 is 0 Å². The van der Waals surface area contributed by atoms with Crippen LogP contribution in [0.1, 0.15) is 45.1 Å². The van der Waals surface area contributed by atoms with Crippen molar-refractivity contribution in [2.75, 3.05) is 0 Å². The van der Waals surface area contributed by atoms with Crippen LogP contribution in [0, 0.1) is 5.92 Å². The van der Waals surface area contributed by atoms with Gasteiger partial charge in [-0.05, 0) is 31.7 Å². The summed E-state index contributed by atoms with van der Waals surface area (Å²) in [5.41, 5.74) is 1.25. The fourth-order valence-electron chi connectivity index (χ4n) is 2.37. The Hall–Kier alpha value is -0.860. The first-order chi connectivity index (χ1) is 8.65. The predicted molar refractivity (Wildman–Crippen MR) is 75.5 cm³/mol. The second kappa shape index (κ2) is 8.28. The third-order valence-electron chi connectivity index (χ3n) is 3.58. The molecule has 0 aromatic heterocycles. The van der Waals surface area contributed by atoms with Crippen LogP contribution in [-0.2, 0) is 6.42 Å². The standard InChI is InChI=1S/C16H26O2/c1-3-4-10-15(13(2)17)16(18)12-11-14-8-6-5-7-9-14/h5-9,13,15-18H,3-4,10-12H2,1-2H3/t13-,15+,16-/m0/s1. The molecule has 2 nitrogen and oxygen atoms in total. The molecule has 0 fully saturated rings. The van der Waals surface area contributed by atoms with E-state index in [4.69, 9.17) is 0 Å². The Balaban J connectivity index is 2.43. The van der Waals surface area contributed by atoms with E-state index in [0.29, 0.717) is 0 Å². The van der Waals surface area contributed by atoms with Crippen LogP contribution in [0.2, 0.25) is 0 Å². The topological polar surface area (TPSA) is 40.5 Å². The van der Waals surface area contributed by atoms with E-state index >= 15 is 0 Å². The number of aliphatic hydroxyl groups is 2. The largest absolute Gasteiger partial charge is 0.393 e. The van der Waals surface area contributed by atoms with Crippen LogP contribution in [0.5, 0.6) is 0 Å². The molecule has 2 heteroatoms. The van der Waals surface area contributed by atoms with Gasteiger partial charge in [-0.3, -0.25) is 0 Å². The molecule has 0 aliphatic heterocycles. The van der Waals surface area contributed by atoms with E-state index in [1.807, 2.05) is 18.2 Å². The zero-order chi connectivity index (χ0) is 13.4. The number of rotatable bonds is 8. The van der Waals surface area contributed by atoms with Gasteiger partial charge in [0.2, 0.25) is 0 Å². The van der Waals surface area contributed by atoms with Crippen molar-refractivity contribution in [2.24, 2.45) is 5.92 Å². The average molecular weight is 250 g/mol. The van der Waals surface area contributed by atoms with Crippen molar-refractivity contribution in [3.8, 4) is 0 Å².